The first-order valence-corrected chi connectivity index (χ1v) is 10.5. The highest BCUT2D eigenvalue weighted by molar-refractivity contribution is 6.53. The smallest absolute Gasteiger partial charge is 0.487 e. The monoisotopic (exact) mass is 437 g/mol. The van der Waals surface area contributed by atoms with Gasteiger partial charge < -0.3 is 19.9 Å². The van der Waals surface area contributed by atoms with Crippen LogP contribution < -0.4 is 4.90 Å². The van der Waals surface area contributed by atoms with E-state index in [0.717, 1.165) is 6.07 Å². The molecule has 5 rings (SSSR count). The van der Waals surface area contributed by atoms with E-state index in [1.807, 2.05) is 0 Å². The Morgan fingerprint density at radius 3 is 2.53 bits per heavy atom. The van der Waals surface area contributed by atoms with E-state index in [1.54, 1.807) is 30.3 Å². The van der Waals surface area contributed by atoms with Gasteiger partial charge in [-0.05, 0) is 59.6 Å². The van der Waals surface area contributed by atoms with E-state index >= 15 is 0 Å². The summed E-state index contributed by atoms with van der Waals surface area (Å²) in [7, 11) is -1.40. The van der Waals surface area contributed by atoms with Crippen LogP contribution in [0.5, 0.6) is 5.75 Å². The standard InChI is InChI=1S/C23H21BFNO6/c25-17-9-12(6-7-18(17)28)19-10-15-20-16(8-13(11-27)21(15)24(31)32-19)22(29)26(23(20)30)14-4-2-1-3-5-14/h1-7,9,15-16,19-20,27-28,31H,8,10-11H2/t15-,16-,19-,20+/m0/s1. The summed E-state index contributed by atoms with van der Waals surface area (Å²) in [6.45, 7) is -0.360. The molecule has 0 saturated carbocycles. The maximum atomic E-state index is 13.9. The molecule has 0 bridgehead atoms. The van der Waals surface area contributed by atoms with Crippen molar-refractivity contribution < 1.29 is 33.9 Å². The number of aliphatic hydroxyl groups is 1. The number of carbonyl (C=O) groups is 2. The number of aromatic hydroxyl groups is 1. The number of aliphatic hydroxyl groups excluding tert-OH is 1. The van der Waals surface area contributed by atoms with E-state index in [2.05, 4.69) is 0 Å². The SMILES string of the molecule is O=C1[C@H]2[C@H](CC(CO)=C3B(O)O[C@H](c4ccc(O)c(F)c4)C[C@H]32)C(=O)N1c1ccccc1. The molecule has 164 valence electrons. The summed E-state index contributed by atoms with van der Waals surface area (Å²) in [4.78, 5) is 27.9. The molecule has 2 aromatic carbocycles. The van der Waals surface area contributed by atoms with E-state index in [1.165, 1.54) is 17.0 Å². The second-order valence-corrected chi connectivity index (χ2v) is 8.43. The van der Waals surface area contributed by atoms with Crippen molar-refractivity contribution in [1.29, 1.82) is 0 Å². The molecular weight excluding hydrogens is 416 g/mol. The normalized spacial score (nSPS) is 27.6. The van der Waals surface area contributed by atoms with Crippen LogP contribution in [0.15, 0.2) is 59.6 Å². The van der Waals surface area contributed by atoms with Gasteiger partial charge in [0, 0.05) is 0 Å². The van der Waals surface area contributed by atoms with Crippen LogP contribution in [0.3, 0.4) is 0 Å². The van der Waals surface area contributed by atoms with Crippen molar-refractivity contribution in [2.45, 2.75) is 18.9 Å². The van der Waals surface area contributed by atoms with Gasteiger partial charge in [-0.2, -0.15) is 0 Å². The molecular formula is C23H21BFNO6. The van der Waals surface area contributed by atoms with Gasteiger partial charge in [0.05, 0.1) is 30.2 Å². The number of phenols is 1. The minimum absolute atomic E-state index is 0.166. The quantitative estimate of drug-likeness (QED) is 0.502. The molecule has 4 atom stereocenters. The van der Waals surface area contributed by atoms with Gasteiger partial charge in [-0.15, -0.1) is 0 Å². The molecule has 7 nitrogen and oxygen atoms in total. The Morgan fingerprint density at radius 1 is 1.09 bits per heavy atom. The lowest BCUT2D eigenvalue weighted by Crippen LogP contribution is -2.45. The third-order valence-corrected chi connectivity index (χ3v) is 6.76. The summed E-state index contributed by atoms with van der Waals surface area (Å²) in [5, 5.41) is 30.2. The summed E-state index contributed by atoms with van der Waals surface area (Å²) in [5.41, 5.74) is 1.81. The fourth-order valence-electron chi connectivity index (χ4n) is 5.33. The third-order valence-electron chi connectivity index (χ3n) is 6.76. The lowest BCUT2D eigenvalue weighted by Gasteiger charge is -2.41. The van der Waals surface area contributed by atoms with Gasteiger partial charge in [-0.1, -0.05) is 24.3 Å². The number of hydrogen-bond acceptors (Lipinski definition) is 6. The van der Waals surface area contributed by atoms with Crippen molar-refractivity contribution in [2.24, 2.45) is 17.8 Å². The van der Waals surface area contributed by atoms with Crippen molar-refractivity contribution in [3.05, 3.63) is 71.0 Å². The average Bonchev–Trinajstić information content (AvgIpc) is 3.05. The van der Waals surface area contributed by atoms with E-state index in [9.17, 15) is 29.2 Å². The first kappa shape index (κ1) is 20.9. The van der Waals surface area contributed by atoms with Gasteiger partial charge in [-0.3, -0.25) is 14.5 Å². The van der Waals surface area contributed by atoms with Gasteiger partial charge in [0.15, 0.2) is 11.6 Å². The third kappa shape index (κ3) is 3.16. The number of carbonyl (C=O) groups excluding carboxylic acids is 2. The topological polar surface area (TPSA) is 107 Å². The van der Waals surface area contributed by atoms with Gasteiger partial charge in [0.1, 0.15) is 0 Å². The molecule has 0 unspecified atom stereocenters. The average molecular weight is 437 g/mol. The van der Waals surface area contributed by atoms with Gasteiger partial charge in [-0.25, -0.2) is 4.39 Å². The van der Waals surface area contributed by atoms with Crippen LogP contribution in [0.1, 0.15) is 24.5 Å². The molecule has 0 radical (unpaired) electrons. The summed E-state index contributed by atoms with van der Waals surface area (Å²) < 4.78 is 19.7. The molecule has 2 aliphatic heterocycles. The highest BCUT2D eigenvalue weighted by Crippen LogP contribution is 2.52. The molecule has 2 amide bonds. The molecule has 2 aromatic rings. The molecule has 32 heavy (non-hydrogen) atoms. The Hall–Kier alpha value is -3.01. The maximum Gasteiger partial charge on any atom is 0.487 e. The Kier molecular flexibility index (Phi) is 5.12. The number of fused-ring (bicyclic) bond motifs is 3. The van der Waals surface area contributed by atoms with Crippen LogP contribution in [0.4, 0.5) is 10.1 Å². The van der Waals surface area contributed by atoms with Crippen molar-refractivity contribution in [3.8, 4) is 5.75 Å². The molecule has 3 N–H and O–H groups in total. The zero-order chi connectivity index (χ0) is 22.6. The van der Waals surface area contributed by atoms with Crippen LogP contribution >= 0.6 is 0 Å². The number of hydrogen-bond donors (Lipinski definition) is 3. The van der Waals surface area contributed by atoms with Crippen molar-refractivity contribution in [1.82, 2.24) is 0 Å². The van der Waals surface area contributed by atoms with Crippen LogP contribution in [0.25, 0.3) is 0 Å². The molecule has 0 aromatic heterocycles. The summed E-state index contributed by atoms with van der Waals surface area (Å²) in [6.07, 6.45) is -0.357. The Morgan fingerprint density at radius 2 is 1.84 bits per heavy atom. The Labute approximate surface area is 183 Å². The number of benzene rings is 2. The first-order valence-electron chi connectivity index (χ1n) is 10.5. The van der Waals surface area contributed by atoms with E-state index in [-0.39, 0.29) is 31.3 Å². The van der Waals surface area contributed by atoms with E-state index < -0.39 is 42.5 Å². The molecule has 2 heterocycles. The first-order chi connectivity index (χ1) is 15.4. The number of amides is 2. The number of rotatable bonds is 3. The van der Waals surface area contributed by atoms with Crippen molar-refractivity contribution in [2.75, 3.05) is 11.5 Å². The highest BCUT2D eigenvalue weighted by atomic mass is 19.1. The number of imide groups is 1. The second kappa shape index (κ2) is 7.84. The van der Waals surface area contributed by atoms with Gasteiger partial charge >= 0.3 is 7.12 Å². The largest absolute Gasteiger partial charge is 0.505 e. The van der Waals surface area contributed by atoms with E-state index in [4.69, 9.17) is 4.65 Å². The van der Waals surface area contributed by atoms with Gasteiger partial charge in [0.25, 0.3) is 0 Å². The predicted octanol–water partition coefficient (Wildman–Crippen LogP) is 2.13. The van der Waals surface area contributed by atoms with Crippen LogP contribution in [-0.2, 0) is 14.2 Å². The Balaban J connectivity index is 1.54. The van der Waals surface area contributed by atoms with Gasteiger partial charge in [0.2, 0.25) is 11.8 Å². The Bertz CT molecular complexity index is 1120. The molecule has 1 aliphatic carbocycles. The fraction of sp³-hybridized carbons (Fsp3) is 0.304. The molecule has 9 heteroatoms. The lowest BCUT2D eigenvalue weighted by molar-refractivity contribution is -0.123. The summed E-state index contributed by atoms with van der Waals surface area (Å²) in [5.74, 6) is -3.91. The summed E-state index contributed by atoms with van der Waals surface area (Å²) in [6, 6.07) is 12.5. The maximum absolute atomic E-state index is 13.9. The minimum Gasteiger partial charge on any atom is -0.505 e. The number of nitrogens with zero attached hydrogens (tertiary/aromatic N) is 1. The molecule has 3 aliphatic rings. The number of phenolic OH excluding ortho intramolecular Hbond substituents is 1. The number of anilines is 1. The predicted molar refractivity (Wildman–Crippen MR) is 113 cm³/mol. The number of allylic oxidation sites excluding steroid dienone is 1. The molecule has 2 fully saturated rings. The minimum atomic E-state index is -1.40. The van der Waals surface area contributed by atoms with Crippen molar-refractivity contribution >= 4 is 24.6 Å². The van der Waals surface area contributed by atoms with Crippen LogP contribution in [0, 0.1) is 23.6 Å². The highest BCUT2D eigenvalue weighted by Gasteiger charge is 2.58. The second-order valence-electron chi connectivity index (χ2n) is 8.43. The summed E-state index contributed by atoms with van der Waals surface area (Å²) >= 11 is 0. The zero-order valence-electron chi connectivity index (χ0n) is 17.0. The molecule has 2 saturated heterocycles. The number of para-hydroxylation sites is 1. The zero-order valence-corrected chi connectivity index (χ0v) is 17.0. The fourth-order valence-corrected chi connectivity index (χ4v) is 5.33. The van der Waals surface area contributed by atoms with Crippen LogP contribution in [0.2, 0.25) is 0 Å². The van der Waals surface area contributed by atoms with Crippen molar-refractivity contribution in [3.63, 3.8) is 0 Å². The van der Waals surface area contributed by atoms with Crippen LogP contribution in [-0.4, -0.2) is 40.8 Å². The molecule has 0 spiro atoms. The lowest BCUT2D eigenvalue weighted by atomic mass is 9.55. The number of halogens is 1. The van der Waals surface area contributed by atoms with E-state index in [0.29, 0.717) is 22.3 Å².